The van der Waals surface area contributed by atoms with Crippen LogP contribution in [-0.4, -0.2) is 39.2 Å². The summed E-state index contributed by atoms with van der Waals surface area (Å²) in [6.45, 7) is 2.25. The molecular formula is C23H43NO4S. The minimum atomic E-state index is -1.06. The summed E-state index contributed by atoms with van der Waals surface area (Å²) in [6, 6.07) is -0.936. The van der Waals surface area contributed by atoms with E-state index in [4.69, 9.17) is 5.11 Å². The molecule has 2 N–H and O–H groups in total. The van der Waals surface area contributed by atoms with Crippen molar-refractivity contribution < 1.29 is 18.9 Å². The third-order valence-corrected chi connectivity index (χ3v) is 5.80. The zero-order chi connectivity index (χ0) is 21.7. The number of amides is 1. The van der Waals surface area contributed by atoms with Gasteiger partial charge in [0.25, 0.3) is 0 Å². The molecule has 0 aromatic heterocycles. The van der Waals surface area contributed by atoms with Crippen LogP contribution in [0.3, 0.4) is 0 Å². The molecule has 0 aliphatic heterocycles. The highest BCUT2D eigenvalue weighted by atomic mass is 32.2. The van der Waals surface area contributed by atoms with Gasteiger partial charge in [0.2, 0.25) is 5.91 Å². The van der Waals surface area contributed by atoms with Crippen LogP contribution in [0.5, 0.6) is 0 Å². The molecule has 170 valence electrons. The fourth-order valence-electron chi connectivity index (χ4n) is 3.16. The van der Waals surface area contributed by atoms with Crippen molar-refractivity contribution >= 4 is 22.7 Å². The van der Waals surface area contributed by atoms with Crippen molar-refractivity contribution in [2.75, 3.05) is 12.0 Å². The maximum atomic E-state index is 11.9. The summed E-state index contributed by atoms with van der Waals surface area (Å²) >= 11 is 0. The highest BCUT2D eigenvalue weighted by molar-refractivity contribution is 7.84. The van der Waals surface area contributed by atoms with E-state index in [0.717, 1.165) is 25.7 Å². The number of carboxylic acid groups (broad SMARTS) is 1. The number of carbonyl (C=O) groups excluding carboxylic acids is 1. The molecule has 29 heavy (non-hydrogen) atoms. The van der Waals surface area contributed by atoms with Gasteiger partial charge in [-0.05, 0) is 38.5 Å². The van der Waals surface area contributed by atoms with Crippen molar-refractivity contribution in [1.82, 2.24) is 5.32 Å². The molecule has 1 unspecified atom stereocenters. The van der Waals surface area contributed by atoms with Gasteiger partial charge in [-0.3, -0.25) is 9.00 Å². The van der Waals surface area contributed by atoms with Gasteiger partial charge in [-0.25, -0.2) is 4.79 Å². The van der Waals surface area contributed by atoms with Gasteiger partial charge in [-0.2, -0.15) is 0 Å². The van der Waals surface area contributed by atoms with Crippen LogP contribution >= 0.6 is 0 Å². The molecule has 0 fully saturated rings. The molecule has 0 rings (SSSR count). The fraction of sp³-hybridized carbons (Fsp3) is 0.826. The van der Waals surface area contributed by atoms with Crippen LogP contribution in [0.15, 0.2) is 12.2 Å². The van der Waals surface area contributed by atoms with Gasteiger partial charge >= 0.3 is 5.97 Å². The maximum absolute atomic E-state index is 11.9. The van der Waals surface area contributed by atoms with Crippen molar-refractivity contribution in [3.8, 4) is 0 Å². The molecule has 0 aromatic rings. The summed E-state index contributed by atoms with van der Waals surface area (Å²) in [5.74, 6) is -1.00. The standard InChI is InChI=1S/C23H43NO4S/c1-3-4-5-6-7-8-9-10-11-12-13-14-15-16-17-18-22(25)24-21(23(26)27)19-20-29(2)28/h10-11,21H,3-9,12-20H2,1-2H3,(H,24,25)(H,26,27)/t21-,29?/m0/s1. The number of aliphatic carboxylic acids is 1. The van der Waals surface area contributed by atoms with Crippen LogP contribution < -0.4 is 5.32 Å². The molecule has 1 amide bonds. The summed E-state index contributed by atoms with van der Waals surface area (Å²) in [5.41, 5.74) is 0. The van der Waals surface area contributed by atoms with E-state index in [1.807, 2.05) is 0 Å². The number of nitrogens with one attached hydrogen (secondary N) is 1. The summed E-state index contributed by atoms with van der Waals surface area (Å²) in [7, 11) is -1.05. The zero-order valence-corrected chi connectivity index (χ0v) is 19.4. The van der Waals surface area contributed by atoms with E-state index in [-0.39, 0.29) is 18.1 Å². The Morgan fingerprint density at radius 3 is 1.93 bits per heavy atom. The number of hydrogen-bond donors (Lipinski definition) is 2. The average molecular weight is 430 g/mol. The molecule has 0 aliphatic rings. The number of allylic oxidation sites excluding steroid dienone is 2. The van der Waals surface area contributed by atoms with Crippen molar-refractivity contribution in [1.29, 1.82) is 0 Å². The van der Waals surface area contributed by atoms with Crippen LogP contribution in [0.4, 0.5) is 0 Å². The number of carboxylic acids is 1. The molecular weight excluding hydrogens is 386 g/mol. The lowest BCUT2D eigenvalue weighted by Crippen LogP contribution is -2.41. The predicted molar refractivity (Wildman–Crippen MR) is 123 cm³/mol. The lowest BCUT2D eigenvalue weighted by atomic mass is 10.1. The molecule has 0 aromatic carbocycles. The quantitative estimate of drug-likeness (QED) is 0.201. The Morgan fingerprint density at radius 2 is 1.41 bits per heavy atom. The van der Waals surface area contributed by atoms with E-state index in [2.05, 4.69) is 24.4 Å². The van der Waals surface area contributed by atoms with Crippen LogP contribution in [0.2, 0.25) is 0 Å². The Kier molecular flexibility index (Phi) is 19.3. The Bertz CT molecular complexity index is 479. The third-order valence-electron chi connectivity index (χ3n) is 4.99. The molecule has 2 atom stereocenters. The Balaban J connectivity index is 3.54. The van der Waals surface area contributed by atoms with Crippen molar-refractivity contribution in [2.24, 2.45) is 0 Å². The van der Waals surface area contributed by atoms with E-state index >= 15 is 0 Å². The summed E-state index contributed by atoms with van der Waals surface area (Å²) in [4.78, 5) is 23.0. The van der Waals surface area contributed by atoms with E-state index in [9.17, 15) is 13.8 Å². The SMILES string of the molecule is CCCCCCCCC=CCCCCCCCC(=O)N[C@@H](CCS(C)=O)C(=O)O. The minimum Gasteiger partial charge on any atom is -0.480 e. The van der Waals surface area contributed by atoms with Gasteiger partial charge in [0.15, 0.2) is 0 Å². The zero-order valence-electron chi connectivity index (χ0n) is 18.6. The summed E-state index contributed by atoms with van der Waals surface area (Å²) in [6.07, 6.45) is 22.4. The van der Waals surface area contributed by atoms with E-state index in [1.165, 1.54) is 64.0 Å². The number of hydrogen-bond acceptors (Lipinski definition) is 3. The van der Waals surface area contributed by atoms with Crippen LogP contribution in [-0.2, 0) is 20.4 Å². The number of unbranched alkanes of at least 4 members (excludes halogenated alkanes) is 11. The Labute approximate surface area is 180 Å². The average Bonchev–Trinajstić information content (AvgIpc) is 2.67. The monoisotopic (exact) mass is 429 g/mol. The normalized spacial score (nSPS) is 13.4. The Morgan fingerprint density at radius 1 is 0.897 bits per heavy atom. The van der Waals surface area contributed by atoms with Gasteiger partial charge in [0.1, 0.15) is 6.04 Å². The first-order valence-electron chi connectivity index (χ1n) is 11.4. The van der Waals surface area contributed by atoms with Gasteiger partial charge in [-0.15, -0.1) is 0 Å². The lowest BCUT2D eigenvalue weighted by molar-refractivity contribution is -0.141. The second-order valence-electron chi connectivity index (χ2n) is 7.86. The van der Waals surface area contributed by atoms with Crippen molar-refractivity contribution in [3.05, 3.63) is 12.2 Å². The fourth-order valence-corrected chi connectivity index (χ4v) is 3.73. The summed E-state index contributed by atoms with van der Waals surface area (Å²) < 4.78 is 11.1. The number of rotatable bonds is 20. The molecule has 0 radical (unpaired) electrons. The van der Waals surface area contributed by atoms with Crippen LogP contribution in [0.1, 0.15) is 103 Å². The maximum Gasteiger partial charge on any atom is 0.326 e. The molecule has 0 bridgehead atoms. The molecule has 0 saturated heterocycles. The van der Waals surface area contributed by atoms with E-state index < -0.39 is 22.8 Å². The van der Waals surface area contributed by atoms with Gasteiger partial charge in [0.05, 0.1) is 0 Å². The molecule has 0 spiro atoms. The van der Waals surface area contributed by atoms with Gasteiger partial charge in [-0.1, -0.05) is 70.4 Å². The van der Waals surface area contributed by atoms with E-state index in [0.29, 0.717) is 6.42 Å². The second kappa shape index (κ2) is 20.1. The largest absolute Gasteiger partial charge is 0.480 e. The highest BCUT2D eigenvalue weighted by Crippen LogP contribution is 2.10. The smallest absolute Gasteiger partial charge is 0.326 e. The first kappa shape index (κ1) is 27.8. The minimum absolute atomic E-state index is 0.205. The van der Waals surface area contributed by atoms with Crippen LogP contribution in [0, 0.1) is 0 Å². The predicted octanol–water partition coefficient (Wildman–Crippen LogP) is 5.36. The first-order valence-corrected chi connectivity index (χ1v) is 13.2. The third kappa shape index (κ3) is 19.9. The first-order chi connectivity index (χ1) is 14.0. The number of carbonyl (C=O) groups is 2. The molecule has 0 heterocycles. The van der Waals surface area contributed by atoms with E-state index in [1.54, 1.807) is 0 Å². The molecule has 6 heteroatoms. The Hall–Kier alpha value is -1.17. The second-order valence-corrected chi connectivity index (χ2v) is 9.41. The van der Waals surface area contributed by atoms with Gasteiger partial charge < -0.3 is 10.4 Å². The highest BCUT2D eigenvalue weighted by Gasteiger charge is 2.19. The summed E-state index contributed by atoms with van der Waals surface area (Å²) in [5, 5.41) is 11.7. The van der Waals surface area contributed by atoms with Crippen LogP contribution in [0.25, 0.3) is 0 Å². The molecule has 5 nitrogen and oxygen atoms in total. The molecule has 0 saturated carbocycles. The van der Waals surface area contributed by atoms with Crippen molar-refractivity contribution in [2.45, 2.75) is 109 Å². The van der Waals surface area contributed by atoms with Gasteiger partial charge in [0, 0.05) is 29.2 Å². The molecule has 0 aliphatic carbocycles. The lowest BCUT2D eigenvalue weighted by Gasteiger charge is -2.13. The van der Waals surface area contributed by atoms with Crippen molar-refractivity contribution in [3.63, 3.8) is 0 Å². The topological polar surface area (TPSA) is 83.5 Å².